The van der Waals surface area contributed by atoms with Gasteiger partial charge < -0.3 is 10.5 Å². The summed E-state index contributed by atoms with van der Waals surface area (Å²) in [5, 5.41) is 0. The second kappa shape index (κ2) is 6.42. The first kappa shape index (κ1) is 12.9. The van der Waals surface area contributed by atoms with Crippen molar-refractivity contribution in [3.63, 3.8) is 0 Å². The molecule has 0 amide bonds. The Balaban J connectivity index is 2.02. The van der Waals surface area contributed by atoms with Gasteiger partial charge in [0.05, 0.1) is 12.8 Å². The number of hydrogen-bond donors (Lipinski definition) is 1. The molecule has 1 aromatic carbocycles. The third kappa shape index (κ3) is 3.24. The van der Waals surface area contributed by atoms with Crippen LogP contribution in [-0.2, 0) is 12.3 Å². The number of aromatic nitrogens is 1. The Kier molecular flexibility index (Phi) is 4.61. The summed E-state index contributed by atoms with van der Waals surface area (Å²) < 4.78 is 5.13. The Hall–Kier alpha value is -1.52. The van der Waals surface area contributed by atoms with E-state index in [2.05, 4.69) is 23.2 Å². The first-order chi connectivity index (χ1) is 8.83. The third-order valence-corrected chi connectivity index (χ3v) is 3.69. The van der Waals surface area contributed by atoms with Crippen molar-refractivity contribution in [2.45, 2.75) is 17.2 Å². The predicted molar refractivity (Wildman–Crippen MR) is 74.7 cm³/mol. The minimum atomic E-state index is 0.485. The van der Waals surface area contributed by atoms with Gasteiger partial charge in [-0.3, -0.25) is 4.98 Å². The van der Waals surface area contributed by atoms with Gasteiger partial charge in [-0.05, 0) is 35.9 Å². The molecular formula is C14H16N2OS. The van der Waals surface area contributed by atoms with Gasteiger partial charge in [0.15, 0.2) is 0 Å². The van der Waals surface area contributed by atoms with Gasteiger partial charge in [0.1, 0.15) is 5.75 Å². The Morgan fingerprint density at radius 2 is 2.00 bits per heavy atom. The number of thioether (sulfide) groups is 1. The smallest absolute Gasteiger partial charge is 0.118 e. The number of nitrogens with zero attached hydrogens (tertiary/aromatic N) is 1. The Morgan fingerprint density at radius 3 is 2.67 bits per heavy atom. The molecule has 0 spiro atoms. The topological polar surface area (TPSA) is 48.1 Å². The summed E-state index contributed by atoms with van der Waals surface area (Å²) in [5.41, 5.74) is 7.84. The highest BCUT2D eigenvalue weighted by molar-refractivity contribution is 7.98. The maximum absolute atomic E-state index is 5.67. The van der Waals surface area contributed by atoms with E-state index in [4.69, 9.17) is 10.5 Å². The first-order valence-corrected chi connectivity index (χ1v) is 6.71. The molecule has 3 nitrogen and oxygen atoms in total. The molecule has 0 radical (unpaired) electrons. The van der Waals surface area contributed by atoms with E-state index in [1.165, 1.54) is 10.5 Å². The van der Waals surface area contributed by atoms with Crippen LogP contribution in [-0.4, -0.2) is 12.1 Å². The summed E-state index contributed by atoms with van der Waals surface area (Å²) in [6, 6.07) is 12.1. The van der Waals surface area contributed by atoms with E-state index in [-0.39, 0.29) is 0 Å². The van der Waals surface area contributed by atoms with Gasteiger partial charge in [-0.1, -0.05) is 6.07 Å². The normalized spacial score (nSPS) is 10.3. The van der Waals surface area contributed by atoms with Crippen LogP contribution in [0.4, 0.5) is 0 Å². The fraction of sp³-hybridized carbons (Fsp3) is 0.214. The summed E-state index contributed by atoms with van der Waals surface area (Å²) in [7, 11) is 1.67. The average molecular weight is 260 g/mol. The molecule has 2 rings (SSSR count). The molecule has 0 aliphatic heterocycles. The molecule has 18 heavy (non-hydrogen) atoms. The van der Waals surface area contributed by atoms with Crippen molar-refractivity contribution in [3.05, 3.63) is 53.9 Å². The molecule has 0 aliphatic rings. The van der Waals surface area contributed by atoms with E-state index in [1.54, 1.807) is 25.1 Å². The van der Waals surface area contributed by atoms with E-state index < -0.39 is 0 Å². The number of methoxy groups -OCH3 is 1. The van der Waals surface area contributed by atoms with Crippen LogP contribution in [0.2, 0.25) is 0 Å². The van der Waals surface area contributed by atoms with Crippen LogP contribution in [0.25, 0.3) is 0 Å². The van der Waals surface area contributed by atoms with Gasteiger partial charge in [0.25, 0.3) is 0 Å². The van der Waals surface area contributed by atoms with Crippen molar-refractivity contribution in [2.75, 3.05) is 7.11 Å². The van der Waals surface area contributed by atoms with E-state index in [0.717, 1.165) is 17.2 Å². The number of benzene rings is 1. The summed E-state index contributed by atoms with van der Waals surface area (Å²) in [5.74, 6) is 1.76. The number of nitrogens with two attached hydrogens (primary N) is 1. The van der Waals surface area contributed by atoms with Crippen molar-refractivity contribution in [1.82, 2.24) is 4.98 Å². The minimum absolute atomic E-state index is 0.485. The van der Waals surface area contributed by atoms with E-state index in [0.29, 0.717) is 6.54 Å². The molecule has 0 saturated carbocycles. The Labute approximate surface area is 111 Å². The molecule has 0 atom stereocenters. The molecule has 4 heteroatoms. The Morgan fingerprint density at radius 1 is 1.22 bits per heavy atom. The zero-order valence-electron chi connectivity index (χ0n) is 10.3. The Bertz CT molecular complexity index is 499. The summed E-state index contributed by atoms with van der Waals surface area (Å²) in [6.07, 6.45) is 1.78. The fourth-order valence-corrected chi connectivity index (χ4v) is 2.53. The average Bonchev–Trinajstić information content (AvgIpc) is 2.46. The van der Waals surface area contributed by atoms with E-state index in [1.807, 2.05) is 18.2 Å². The highest BCUT2D eigenvalue weighted by Crippen LogP contribution is 2.25. The SMILES string of the molecule is COc1ccc(SCc2cccnc2CN)cc1. The standard InChI is InChI=1S/C14H16N2OS/c1-17-12-4-6-13(7-5-12)18-10-11-3-2-8-16-14(11)9-15/h2-8H,9-10,15H2,1H3. The van der Waals surface area contributed by atoms with Crippen LogP contribution >= 0.6 is 11.8 Å². The zero-order valence-corrected chi connectivity index (χ0v) is 11.1. The molecule has 2 N–H and O–H groups in total. The van der Waals surface area contributed by atoms with Crippen molar-refractivity contribution in [3.8, 4) is 5.75 Å². The molecule has 0 fully saturated rings. The first-order valence-electron chi connectivity index (χ1n) is 5.73. The number of pyridine rings is 1. The molecular weight excluding hydrogens is 244 g/mol. The van der Waals surface area contributed by atoms with E-state index in [9.17, 15) is 0 Å². The molecule has 2 aromatic rings. The van der Waals surface area contributed by atoms with Crippen molar-refractivity contribution >= 4 is 11.8 Å². The number of ether oxygens (including phenoxy) is 1. The van der Waals surface area contributed by atoms with Gasteiger partial charge in [0, 0.05) is 23.4 Å². The quantitative estimate of drug-likeness (QED) is 0.840. The lowest BCUT2D eigenvalue weighted by molar-refractivity contribution is 0.414. The van der Waals surface area contributed by atoms with Gasteiger partial charge in [0.2, 0.25) is 0 Å². The van der Waals surface area contributed by atoms with E-state index >= 15 is 0 Å². The largest absolute Gasteiger partial charge is 0.497 e. The lowest BCUT2D eigenvalue weighted by Gasteiger charge is -2.06. The van der Waals surface area contributed by atoms with Crippen LogP contribution in [0.5, 0.6) is 5.75 Å². The van der Waals surface area contributed by atoms with Gasteiger partial charge >= 0.3 is 0 Å². The molecule has 1 aromatic heterocycles. The van der Waals surface area contributed by atoms with Crippen molar-refractivity contribution < 1.29 is 4.74 Å². The summed E-state index contributed by atoms with van der Waals surface area (Å²) in [4.78, 5) is 5.49. The summed E-state index contributed by atoms with van der Waals surface area (Å²) >= 11 is 1.77. The van der Waals surface area contributed by atoms with Crippen LogP contribution in [0, 0.1) is 0 Å². The molecule has 1 heterocycles. The number of rotatable bonds is 5. The highest BCUT2D eigenvalue weighted by Gasteiger charge is 2.02. The van der Waals surface area contributed by atoms with Crippen LogP contribution in [0.3, 0.4) is 0 Å². The van der Waals surface area contributed by atoms with Crippen LogP contribution in [0.15, 0.2) is 47.5 Å². The van der Waals surface area contributed by atoms with Gasteiger partial charge in [-0.2, -0.15) is 0 Å². The lowest BCUT2D eigenvalue weighted by Crippen LogP contribution is -2.03. The van der Waals surface area contributed by atoms with Crippen molar-refractivity contribution in [2.24, 2.45) is 5.73 Å². The molecule has 94 valence electrons. The lowest BCUT2D eigenvalue weighted by atomic mass is 10.2. The monoisotopic (exact) mass is 260 g/mol. The fourth-order valence-electron chi connectivity index (χ4n) is 1.62. The van der Waals surface area contributed by atoms with Gasteiger partial charge in [-0.25, -0.2) is 0 Å². The van der Waals surface area contributed by atoms with Gasteiger partial charge in [-0.15, -0.1) is 11.8 Å². The predicted octanol–water partition coefficient (Wildman–Crippen LogP) is 2.84. The molecule has 0 aliphatic carbocycles. The molecule has 0 bridgehead atoms. The van der Waals surface area contributed by atoms with Crippen LogP contribution in [0.1, 0.15) is 11.3 Å². The van der Waals surface area contributed by atoms with Crippen LogP contribution < -0.4 is 10.5 Å². The minimum Gasteiger partial charge on any atom is -0.497 e. The highest BCUT2D eigenvalue weighted by atomic mass is 32.2. The summed E-state index contributed by atoms with van der Waals surface area (Å²) in [6.45, 7) is 0.485. The maximum atomic E-state index is 5.67. The molecule has 0 unspecified atom stereocenters. The molecule has 0 saturated heterocycles. The second-order valence-electron chi connectivity index (χ2n) is 3.78. The second-order valence-corrected chi connectivity index (χ2v) is 4.83. The number of hydrogen-bond acceptors (Lipinski definition) is 4. The maximum Gasteiger partial charge on any atom is 0.118 e. The third-order valence-electron chi connectivity index (χ3n) is 2.63. The zero-order chi connectivity index (χ0) is 12.8. The van der Waals surface area contributed by atoms with Crippen molar-refractivity contribution in [1.29, 1.82) is 0 Å².